The molecule has 0 unspecified atom stereocenters. The highest BCUT2D eigenvalue weighted by Crippen LogP contribution is 2.16. The van der Waals surface area contributed by atoms with E-state index in [1.54, 1.807) is 0 Å². The minimum Gasteiger partial charge on any atom is -0.352 e. The summed E-state index contributed by atoms with van der Waals surface area (Å²) in [7, 11) is 0. The van der Waals surface area contributed by atoms with Crippen LogP contribution in [0.3, 0.4) is 0 Å². The van der Waals surface area contributed by atoms with E-state index >= 15 is 0 Å². The first kappa shape index (κ1) is 14.7. The van der Waals surface area contributed by atoms with Crippen LogP contribution in [0.2, 0.25) is 0 Å². The van der Waals surface area contributed by atoms with E-state index in [1.165, 1.54) is 5.56 Å². The van der Waals surface area contributed by atoms with Crippen molar-refractivity contribution in [3.8, 4) is 0 Å². The second-order valence-electron chi connectivity index (χ2n) is 4.88. The SMILES string of the molecule is Cc1cc(C)c(C(=O)NCCCCCN)c(C)c1. The maximum absolute atomic E-state index is 12.1. The van der Waals surface area contributed by atoms with E-state index in [4.69, 9.17) is 5.73 Å². The van der Waals surface area contributed by atoms with E-state index < -0.39 is 0 Å². The maximum atomic E-state index is 12.1. The van der Waals surface area contributed by atoms with Crippen molar-refractivity contribution < 1.29 is 4.79 Å². The van der Waals surface area contributed by atoms with Crippen molar-refractivity contribution in [3.63, 3.8) is 0 Å². The third-order valence-corrected chi connectivity index (χ3v) is 3.07. The lowest BCUT2D eigenvalue weighted by Gasteiger charge is -2.11. The van der Waals surface area contributed by atoms with Gasteiger partial charge in [-0.2, -0.15) is 0 Å². The number of amides is 1. The smallest absolute Gasteiger partial charge is 0.251 e. The first-order valence-electron chi connectivity index (χ1n) is 6.62. The number of rotatable bonds is 6. The number of nitrogens with two attached hydrogens (primary N) is 1. The number of unbranched alkanes of at least 4 members (excludes halogenated alkanes) is 2. The van der Waals surface area contributed by atoms with Crippen molar-refractivity contribution in [2.24, 2.45) is 5.73 Å². The second kappa shape index (κ2) is 7.17. The summed E-state index contributed by atoms with van der Waals surface area (Å²) in [5, 5.41) is 2.98. The Morgan fingerprint density at radius 2 is 1.72 bits per heavy atom. The topological polar surface area (TPSA) is 55.1 Å². The third kappa shape index (κ3) is 4.15. The van der Waals surface area contributed by atoms with Crippen LogP contribution in [-0.2, 0) is 0 Å². The largest absolute Gasteiger partial charge is 0.352 e. The van der Waals surface area contributed by atoms with Gasteiger partial charge in [-0.3, -0.25) is 4.79 Å². The molecule has 0 fully saturated rings. The molecule has 0 atom stereocenters. The van der Waals surface area contributed by atoms with E-state index in [-0.39, 0.29) is 5.91 Å². The fourth-order valence-corrected chi connectivity index (χ4v) is 2.27. The molecule has 0 aliphatic carbocycles. The molecule has 18 heavy (non-hydrogen) atoms. The van der Waals surface area contributed by atoms with Crippen molar-refractivity contribution in [2.75, 3.05) is 13.1 Å². The van der Waals surface area contributed by atoms with Gasteiger partial charge in [-0.1, -0.05) is 24.1 Å². The predicted molar refractivity (Wildman–Crippen MR) is 75.9 cm³/mol. The summed E-state index contributed by atoms with van der Waals surface area (Å²) in [5.74, 6) is 0.0396. The maximum Gasteiger partial charge on any atom is 0.251 e. The van der Waals surface area contributed by atoms with E-state index in [1.807, 2.05) is 13.8 Å². The molecule has 0 aromatic heterocycles. The molecule has 1 aromatic carbocycles. The van der Waals surface area contributed by atoms with Gasteiger partial charge in [0, 0.05) is 12.1 Å². The van der Waals surface area contributed by atoms with E-state index in [0.29, 0.717) is 0 Å². The lowest BCUT2D eigenvalue weighted by atomic mass is 9.99. The quantitative estimate of drug-likeness (QED) is 0.760. The van der Waals surface area contributed by atoms with Gasteiger partial charge < -0.3 is 11.1 Å². The van der Waals surface area contributed by atoms with Gasteiger partial charge in [0.2, 0.25) is 0 Å². The Balaban J connectivity index is 2.57. The molecular formula is C15H24N2O. The van der Waals surface area contributed by atoms with Gasteiger partial charge in [0.25, 0.3) is 5.91 Å². The third-order valence-electron chi connectivity index (χ3n) is 3.07. The molecule has 0 bridgehead atoms. The van der Waals surface area contributed by atoms with E-state index in [9.17, 15) is 4.79 Å². The molecule has 1 rings (SSSR count). The number of hydrogen-bond acceptors (Lipinski definition) is 2. The summed E-state index contributed by atoms with van der Waals surface area (Å²) in [6.45, 7) is 7.48. The molecule has 0 saturated carbocycles. The Kier molecular flexibility index (Phi) is 5.86. The fourth-order valence-electron chi connectivity index (χ4n) is 2.27. The number of carbonyl (C=O) groups is 1. The van der Waals surface area contributed by atoms with Crippen LogP contribution in [0.15, 0.2) is 12.1 Å². The molecule has 0 spiro atoms. The molecule has 3 heteroatoms. The molecule has 0 aliphatic heterocycles. The van der Waals surface area contributed by atoms with Crippen molar-refractivity contribution in [2.45, 2.75) is 40.0 Å². The van der Waals surface area contributed by atoms with Gasteiger partial charge in [-0.05, 0) is 51.3 Å². The summed E-state index contributed by atoms with van der Waals surface area (Å²) < 4.78 is 0. The van der Waals surface area contributed by atoms with Crippen LogP contribution in [0.1, 0.15) is 46.3 Å². The molecule has 3 N–H and O–H groups in total. The van der Waals surface area contributed by atoms with Crippen LogP contribution in [0, 0.1) is 20.8 Å². The highest BCUT2D eigenvalue weighted by Gasteiger charge is 2.11. The Bertz CT molecular complexity index is 390. The van der Waals surface area contributed by atoms with Crippen LogP contribution in [0.4, 0.5) is 0 Å². The predicted octanol–water partition coefficient (Wildman–Crippen LogP) is 2.47. The highest BCUT2D eigenvalue weighted by molar-refractivity contribution is 5.97. The van der Waals surface area contributed by atoms with Crippen LogP contribution >= 0.6 is 0 Å². The normalized spacial score (nSPS) is 10.4. The molecule has 0 saturated heterocycles. The van der Waals surface area contributed by atoms with Crippen LogP contribution in [0.25, 0.3) is 0 Å². The van der Waals surface area contributed by atoms with Crippen molar-refractivity contribution in [3.05, 3.63) is 34.4 Å². The summed E-state index contributed by atoms with van der Waals surface area (Å²) in [4.78, 5) is 12.1. The number of nitrogens with one attached hydrogen (secondary N) is 1. The van der Waals surface area contributed by atoms with Crippen LogP contribution in [-0.4, -0.2) is 19.0 Å². The van der Waals surface area contributed by atoms with Gasteiger partial charge in [-0.15, -0.1) is 0 Å². The lowest BCUT2D eigenvalue weighted by molar-refractivity contribution is 0.0952. The lowest BCUT2D eigenvalue weighted by Crippen LogP contribution is -2.26. The van der Waals surface area contributed by atoms with E-state index in [2.05, 4.69) is 24.4 Å². The average Bonchev–Trinajstić information content (AvgIpc) is 2.27. The summed E-state index contributed by atoms with van der Waals surface area (Å²) >= 11 is 0. The molecule has 0 heterocycles. The molecule has 3 nitrogen and oxygen atoms in total. The zero-order valence-electron chi connectivity index (χ0n) is 11.7. The highest BCUT2D eigenvalue weighted by atomic mass is 16.1. The number of carbonyl (C=O) groups excluding carboxylic acids is 1. The number of hydrogen-bond donors (Lipinski definition) is 2. The van der Waals surface area contributed by atoms with Gasteiger partial charge in [0.05, 0.1) is 0 Å². The molecule has 1 amide bonds. The van der Waals surface area contributed by atoms with Gasteiger partial charge >= 0.3 is 0 Å². The zero-order chi connectivity index (χ0) is 13.5. The molecule has 1 aromatic rings. The number of aryl methyl sites for hydroxylation is 3. The number of benzene rings is 1. The van der Waals surface area contributed by atoms with Crippen molar-refractivity contribution in [1.29, 1.82) is 0 Å². The Morgan fingerprint density at radius 3 is 2.28 bits per heavy atom. The van der Waals surface area contributed by atoms with Crippen LogP contribution < -0.4 is 11.1 Å². The summed E-state index contributed by atoms with van der Waals surface area (Å²) in [5.41, 5.74) is 9.54. The van der Waals surface area contributed by atoms with Crippen molar-refractivity contribution >= 4 is 5.91 Å². The van der Waals surface area contributed by atoms with Gasteiger partial charge in [-0.25, -0.2) is 0 Å². The van der Waals surface area contributed by atoms with Gasteiger partial charge in [0.1, 0.15) is 0 Å². The zero-order valence-corrected chi connectivity index (χ0v) is 11.7. The fraction of sp³-hybridized carbons (Fsp3) is 0.533. The Hall–Kier alpha value is -1.35. The van der Waals surface area contributed by atoms with E-state index in [0.717, 1.165) is 49.0 Å². The minimum atomic E-state index is 0.0396. The first-order chi connectivity index (χ1) is 8.56. The summed E-state index contributed by atoms with van der Waals surface area (Å²) in [6, 6.07) is 4.10. The first-order valence-corrected chi connectivity index (χ1v) is 6.62. The van der Waals surface area contributed by atoms with Gasteiger partial charge in [0.15, 0.2) is 0 Å². The standard InChI is InChI=1S/C15H24N2O/c1-11-9-12(2)14(13(3)10-11)15(18)17-8-6-4-5-7-16/h9-10H,4-8,16H2,1-3H3,(H,17,18). The second-order valence-corrected chi connectivity index (χ2v) is 4.88. The molecule has 0 radical (unpaired) electrons. The Labute approximate surface area is 110 Å². The summed E-state index contributed by atoms with van der Waals surface area (Å²) in [6.07, 6.45) is 3.09. The molecular weight excluding hydrogens is 224 g/mol. The van der Waals surface area contributed by atoms with Crippen molar-refractivity contribution in [1.82, 2.24) is 5.32 Å². The monoisotopic (exact) mass is 248 g/mol. The minimum absolute atomic E-state index is 0.0396. The molecule has 0 aliphatic rings. The average molecular weight is 248 g/mol. The Morgan fingerprint density at radius 1 is 1.11 bits per heavy atom. The van der Waals surface area contributed by atoms with Crippen LogP contribution in [0.5, 0.6) is 0 Å². The molecule has 100 valence electrons.